The van der Waals surface area contributed by atoms with Gasteiger partial charge < -0.3 is 5.11 Å². The molecule has 0 aromatic heterocycles. The van der Waals surface area contributed by atoms with Crippen molar-refractivity contribution in [3.8, 4) is 0 Å². The zero-order chi connectivity index (χ0) is 11.3. The molecule has 0 atom stereocenters. The number of hydrogen-bond acceptors (Lipinski definition) is 4. The van der Waals surface area contributed by atoms with Crippen LogP contribution in [0.1, 0.15) is 11.1 Å². The topological polar surface area (TPSA) is 80.4 Å². The van der Waals surface area contributed by atoms with E-state index in [1.807, 2.05) is 0 Å². The number of aliphatic hydroxyl groups excluding tert-OH is 1. The summed E-state index contributed by atoms with van der Waals surface area (Å²) < 4.78 is 0. The minimum atomic E-state index is -0.557. The molecule has 0 saturated carbocycles. The molecule has 1 aromatic carbocycles. The third kappa shape index (κ3) is 2.72. The lowest BCUT2D eigenvalue weighted by atomic mass is 10.1. The van der Waals surface area contributed by atoms with E-state index in [1.165, 1.54) is 30.4 Å². The average molecular weight is 207 g/mol. The number of allylic oxidation sites excluding steroid dienone is 1. The van der Waals surface area contributed by atoms with Crippen LogP contribution in [0.3, 0.4) is 0 Å². The van der Waals surface area contributed by atoms with Gasteiger partial charge in [0.15, 0.2) is 0 Å². The Morgan fingerprint density at radius 2 is 2.20 bits per heavy atom. The highest BCUT2D eigenvalue weighted by Crippen LogP contribution is 2.20. The van der Waals surface area contributed by atoms with Gasteiger partial charge in [0, 0.05) is 6.07 Å². The highest BCUT2D eigenvalue weighted by molar-refractivity contribution is 5.74. The summed E-state index contributed by atoms with van der Waals surface area (Å²) in [6, 6.07) is 4.28. The molecule has 78 valence electrons. The molecule has 1 N–H and O–H groups in total. The molecule has 0 unspecified atom stereocenters. The highest BCUT2D eigenvalue weighted by atomic mass is 16.6. The SMILES string of the molecule is O=CC=Cc1ccc([N+](=O)[O-])c(CO)c1. The molecule has 0 aliphatic rings. The maximum absolute atomic E-state index is 10.5. The third-order valence-corrected chi connectivity index (χ3v) is 1.84. The fourth-order valence-electron chi connectivity index (χ4n) is 1.16. The van der Waals surface area contributed by atoms with E-state index >= 15 is 0 Å². The normalized spacial score (nSPS) is 10.5. The number of nitrogens with zero attached hydrogens (tertiary/aromatic N) is 1. The molecular weight excluding hydrogens is 198 g/mol. The summed E-state index contributed by atoms with van der Waals surface area (Å²) in [4.78, 5) is 20.0. The number of carbonyl (C=O) groups is 1. The Morgan fingerprint density at radius 1 is 1.47 bits per heavy atom. The Labute approximate surface area is 85.8 Å². The zero-order valence-corrected chi connectivity index (χ0v) is 7.79. The molecule has 0 saturated heterocycles. The van der Waals surface area contributed by atoms with Crippen molar-refractivity contribution in [2.75, 3.05) is 0 Å². The van der Waals surface area contributed by atoms with Crippen LogP contribution in [0.25, 0.3) is 6.08 Å². The van der Waals surface area contributed by atoms with Crippen molar-refractivity contribution in [3.63, 3.8) is 0 Å². The molecular formula is C10H9NO4. The van der Waals surface area contributed by atoms with Gasteiger partial charge in [-0.3, -0.25) is 14.9 Å². The lowest BCUT2D eigenvalue weighted by molar-refractivity contribution is -0.385. The first-order valence-electron chi connectivity index (χ1n) is 4.19. The van der Waals surface area contributed by atoms with Gasteiger partial charge in [-0.05, 0) is 23.8 Å². The van der Waals surface area contributed by atoms with Crippen LogP contribution < -0.4 is 0 Å². The second-order valence-corrected chi connectivity index (χ2v) is 2.80. The molecule has 0 radical (unpaired) electrons. The van der Waals surface area contributed by atoms with Crippen LogP contribution in [0.4, 0.5) is 5.69 Å². The van der Waals surface area contributed by atoms with E-state index in [0.717, 1.165) is 0 Å². The lowest BCUT2D eigenvalue weighted by Gasteiger charge is -2.00. The average Bonchev–Trinajstić information content (AvgIpc) is 2.25. The molecule has 5 heteroatoms. The zero-order valence-electron chi connectivity index (χ0n) is 7.79. The van der Waals surface area contributed by atoms with Gasteiger partial charge in [0.2, 0.25) is 0 Å². The lowest BCUT2D eigenvalue weighted by Crippen LogP contribution is -1.95. The molecule has 5 nitrogen and oxygen atoms in total. The maximum Gasteiger partial charge on any atom is 0.274 e. The maximum atomic E-state index is 10.5. The number of aliphatic hydroxyl groups is 1. The van der Waals surface area contributed by atoms with Gasteiger partial charge in [-0.15, -0.1) is 0 Å². The summed E-state index contributed by atoms with van der Waals surface area (Å²) in [6.45, 7) is -0.404. The van der Waals surface area contributed by atoms with E-state index in [4.69, 9.17) is 5.11 Å². The molecule has 0 amide bonds. The molecule has 0 bridgehead atoms. The molecule has 1 aromatic rings. The van der Waals surface area contributed by atoms with E-state index in [1.54, 1.807) is 0 Å². The summed E-state index contributed by atoms with van der Waals surface area (Å²) >= 11 is 0. The van der Waals surface area contributed by atoms with Crippen LogP contribution >= 0.6 is 0 Å². The fourth-order valence-corrected chi connectivity index (χ4v) is 1.16. The Morgan fingerprint density at radius 3 is 2.73 bits per heavy atom. The van der Waals surface area contributed by atoms with Gasteiger partial charge in [-0.25, -0.2) is 0 Å². The summed E-state index contributed by atoms with van der Waals surface area (Å²) in [6.07, 6.45) is 3.40. The number of carbonyl (C=O) groups excluding carboxylic acids is 1. The second kappa shape index (κ2) is 5.02. The summed E-state index contributed by atoms with van der Waals surface area (Å²) in [5.74, 6) is 0. The van der Waals surface area contributed by atoms with Crippen molar-refractivity contribution in [2.24, 2.45) is 0 Å². The Hall–Kier alpha value is -2.01. The molecule has 0 aliphatic heterocycles. The second-order valence-electron chi connectivity index (χ2n) is 2.80. The van der Waals surface area contributed by atoms with Gasteiger partial charge in [-0.2, -0.15) is 0 Å². The molecule has 0 spiro atoms. The van der Waals surface area contributed by atoms with Crippen molar-refractivity contribution in [2.45, 2.75) is 6.61 Å². The van der Waals surface area contributed by atoms with Gasteiger partial charge in [0.05, 0.1) is 17.1 Å². The van der Waals surface area contributed by atoms with Crippen LogP contribution in [-0.4, -0.2) is 16.3 Å². The van der Waals surface area contributed by atoms with Crippen molar-refractivity contribution in [3.05, 3.63) is 45.5 Å². The monoisotopic (exact) mass is 207 g/mol. The van der Waals surface area contributed by atoms with Crippen LogP contribution in [0, 0.1) is 10.1 Å². The summed E-state index contributed by atoms with van der Waals surface area (Å²) in [7, 11) is 0. The minimum absolute atomic E-state index is 0.124. The summed E-state index contributed by atoms with van der Waals surface area (Å²) in [5, 5.41) is 19.4. The Bertz CT molecular complexity index is 412. The molecule has 15 heavy (non-hydrogen) atoms. The number of rotatable bonds is 4. The first-order chi connectivity index (χ1) is 7.19. The molecule has 1 rings (SSSR count). The van der Waals surface area contributed by atoms with Gasteiger partial charge in [0.1, 0.15) is 6.29 Å². The van der Waals surface area contributed by atoms with Crippen LogP contribution in [0.15, 0.2) is 24.3 Å². The van der Waals surface area contributed by atoms with E-state index in [9.17, 15) is 14.9 Å². The standard InChI is InChI=1S/C10H9NO4/c12-5-1-2-8-3-4-10(11(14)15)9(6-8)7-13/h1-6,13H,7H2. The van der Waals surface area contributed by atoms with Crippen LogP contribution in [0.2, 0.25) is 0 Å². The molecule has 0 heterocycles. The van der Waals surface area contributed by atoms with Crippen molar-refractivity contribution in [1.29, 1.82) is 0 Å². The number of nitro benzene ring substituents is 1. The number of benzene rings is 1. The third-order valence-electron chi connectivity index (χ3n) is 1.84. The van der Waals surface area contributed by atoms with Crippen LogP contribution in [0.5, 0.6) is 0 Å². The number of nitro groups is 1. The first-order valence-corrected chi connectivity index (χ1v) is 4.19. The number of hydrogen-bond donors (Lipinski definition) is 1. The van der Waals surface area contributed by atoms with E-state index in [2.05, 4.69) is 0 Å². The number of aldehydes is 1. The fraction of sp³-hybridized carbons (Fsp3) is 0.100. The van der Waals surface area contributed by atoms with Crippen molar-refractivity contribution >= 4 is 18.0 Å². The van der Waals surface area contributed by atoms with E-state index in [-0.39, 0.29) is 11.3 Å². The Balaban J connectivity index is 3.12. The Kier molecular flexibility index (Phi) is 3.70. The molecule has 0 aliphatic carbocycles. The molecule has 0 fully saturated rings. The predicted octanol–water partition coefficient (Wildman–Crippen LogP) is 1.30. The van der Waals surface area contributed by atoms with E-state index < -0.39 is 11.5 Å². The van der Waals surface area contributed by atoms with Gasteiger partial charge in [0.25, 0.3) is 5.69 Å². The highest BCUT2D eigenvalue weighted by Gasteiger charge is 2.11. The largest absolute Gasteiger partial charge is 0.391 e. The quantitative estimate of drug-likeness (QED) is 0.349. The van der Waals surface area contributed by atoms with E-state index in [0.29, 0.717) is 11.8 Å². The summed E-state index contributed by atoms with van der Waals surface area (Å²) in [5.41, 5.74) is 0.741. The minimum Gasteiger partial charge on any atom is -0.391 e. The van der Waals surface area contributed by atoms with Gasteiger partial charge >= 0.3 is 0 Å². The van der Waals surface area contributed by atoms with Crippen molar-refractivity contribution in [1.82, 2.24) is 0 Å². The van der Waals surface area contributed by atoms with Crippen molar-refractivity contribution < 1.29 is 14.8 Å². The first kappa shape index (κ1) is 11.1. The smallest absolute Gasteiger partial charge is 0.274 e. The predicted molar refractivity (Wildman–Crippen MR) is 54.1 cm³/mol. The van der Waals surface area contributed by atoms with Gasteiger partial charge in [-0.1, -0.05) is 6.08 Å². The van der Waals surface area contributed by atoms with Crippen LogP contribution in [-0.2, 0) is 11.4 Å².